The molecule has 1 aliphatic rings. The Kier molecular flexibility index (Phi) is 3.14. The molecule has 84 valence electrons. The number of thiophene rings is 1. The predicted molar refractivity (Wildman–Crippen MR) is 66.3 cm³/mol. The normalized spacial score (nSPS) is 20.5. The van der Waals surface area contributed by atoms with Crippen molar-refractivity contribution in [3.63, 3.8) is 0 Å². The van der Waals surface area contributed by atoms with Crippen LogP contribution < -0.4 is 5.73 Å². The van der Waals surface area contributed by atoms with E-state index in [0.717, 1.165) is 13.0 Å². The SMILES string of the molecule is CC(Cc1cccs1)N(C)C1(CN)CC1. The third-order valence-corrected chi connectivity index (χ3v) is 4.59. The fourth-order valence-electron chi connectivity index (χ4n) is 2.17. The van der Waals surface area contributed by atoms with Crippen molar-refractivity contribution in [2.75, 3.05) is 13.6 Å². The molecule has 2 rings (SSSR count). The monoisotopic (exact) mass is 224 g/mol. The molecule has 0 amide bonds. The lowest BCUT2D eigenvalue weighted by Crippen LogP contribution is -2.45. The summed E-state index contributed by atoms with van der Waals surface area (Å²) in [6.07, 6.45) is 3.69. The Morgan fingerprint density at radius 3 is 2.80 bits per heavy atom. The highest BCUT2D eigenvalue weighted by molar-refractivity contribution is 7.09. The first-order chi connectivity index (χ1) is 7.18. The van der Waals surface area contributed by atoms with Crippen LogP contribution in [0, 0.1) is 0 Å². The molecule has 1 fully saturated rings. The van der Waals surface area contributed by atoms with E-state index in [1.54, 1.807) is 0 Å². The summed E-state index contributed by atoms with van der Waals surface area (Å²) in [6.45, 7) is 3.10. The molecule has 0 spiro atoms. The van der Waals surface area contributed by atoms with E-state index >= 15 is 0 Å². The van der Waals surface area contributed by atoms with E-state index in [1.165, 1.54) is 17.7 Å². The lowest BCUT2D eigenvalue weighted by Gasteiger charge is -2.32. The maximum Gasteiger partial charge on any atom is 0.0333 e. The van der Waals surface area contributed by atoms with E-state index in [-0.39, 0.29) is 0 Å². The number of hydrogen-bond donors (Lipinski definition) is 1. The summed E-state index contributed by atoms with van der Waals surface area (Å²) in [5, 5.41) is 2.15. The van der Waals surface area contributed by atoms with Crippen LogP contribution in [0.1, 0.15) is 24.6 Å². The first-order valence-electron chi connectivity index (χ1n) is 5.63. The molecule has 0 aliphatic heterocycles. The number of likely N-dealkylation sites (N-methyl/N-ethyl adjacent to an activating group) is 1. The minimum atomic E-state index is 0.330. The van der Waals surface area contributed by atoms with Crippen LogP contribution in [0.3, 0.4) is 0 Å². The van der Waals surface area contributed by atoms with Crippen LogP contribution in [0.2, 0.25) is 0 Å². The topological polar surface area (TPSA) is 29.3 Å². The van der Waals surface area contributed by atoms with Gasteiger partial charge in [-0.1, -0.05) is 6.07 Å². The molecule has 1 atom stereocenters. The molecule has 2 N–H and O–H groups in total. The lowest BCUT2D eigenvalue weighted by molar-refractivity contribution is 0.169. The van der Waals surface area contributed by atoms with Crippen LogP contribution >= 0.6 is 11.3 Å². The van der Waals surface area contributed by atoms with Gasteiger partial charge in [0.15, 0.2) is 0 Å². The molecule has 0 bridgehead atoms. The van der Waals surface area contributed by atoms with E-state index in [4.69, 9.17) is 5.73 Å². The van der Waals surface area contributed by atoms with Gasteiger partial charge in [-0.25, -0.2) is 0 Å². The average molecular weight is 224 g/mol. The molecule has 0 aromatic carbocycles. The van der Waals surface area contributed by atoms with Gasteiger partial charge in [-0.3, -0.25) is 4.90 Å². The Labute approximate surface area is 96.1 Å². The van der Waals surface area contributed by atoms with E-state index in [0.29, 0.717) is 11.6 Å². The quantitative estimate of drug-likeness (QED) is 0.830. The van der Waals surface area contributed by atoms with Gasteiger partial charge < -0.3 is 5.73 Å². The van der Waals surface area contributed by atoms with Gasteiger partial charge >= 0.3 is 0 Å². The van der Waals surface area contributed by atoms with Crippen molar-refractivity contribution in [1.82, 2.24) is 4.90 Å². The van der Waals surface area contributed by atoms with Crippen LogP contribution in [0.4, 0.5) is 0 Å². The zero-order chi connectivity index (χ0) is 10.9. The fraction of sp³-hybridized carbons (Fsp3) is 0.667. The Bertz CT molecular complexity index is 303. The van der Waals surface area contributed by atoms with Crippen LogP contribution in [-0.4, -0.2) is 30.1 Å². The molecule has 0 radical (unpaired) electrons. The van der Waals surface area contributed by atoms with Crippen molar-refractivity contribution < 1.29 is 0 Å². The summed E-state index contributed by atoms with van der Waals surface area (Å²) in [5.41, 5.74) is 6.17. The van der Waals surface area contributed by atoms with Crippen molar-refractivity contribution in [3.8, 4) is 0 Å². The van der Waals surface area contributed by atoms with E-state index in [2.05, 4.69) is 36.4 Å². The minimum Gasteiger partial charge on any atom is -0.329 e. The van der Waals surface area contributed by atoms with Gasteiger partial charge in [0.05, 0.1) is 0 Å². The van der Waals surface area contributed by atoms with Gasteiger partial charge in [-0.15, -0.1) is 11.3 Å². The second kappa shape index (κ2) is 4.24. The van der Waals surface area contributed by atoms with Crippen LogP contribution in [0.5, 0.6) is 0 Å². The summed E-state index contributed by atoms with van der Waals surface area (Å²) < 4.78 is 0. The maximum atomic E-state index is 5.84. The number of nitrogens with zero attached hydrogens (tertiary/aromatic N) is 1. The lowest BCUT2D eigenvalue weighted by atomic mass is 10.1. The Morgan fingerprint density at radius 1 is 1.60 bits per heavy atom. The van der Waals surface area contributed by atoms with Gasteiger partial charge in [-0.05, 0) is 44.7 Å². The van der Waals surface area contributed by atoms with Crippen molar-refractivity contribution in [1.29, 1.82) is 0 Å². The molecular weight excluding hydrogens is 204 g/mol. The van der Waals surface area contributed by atoms with Crippen LogP contribution in [-0.2, 0) is 6.42 Å². The molecule has 1 aromatic rings. The smallest absolute Gasteiger partial charge is 0.0333 e. The van der Waals surface area contributed by atoms with Gasteiger partial charge in [0.25, 0.3) is 0 Å². The van der Waals surface area contributed by atoms with Crippen molar-refractivity contribution in [2.24, 2.45) is 5.73 Å². The summed E-state index contributed by atoms with van der Waals surface area (Å²) in [4.78, 5) is 3.95. The van der Waals surface area contributed by atoms with Gasteiger partial charge in [-0.2, -0.15) is 0 Å². The van der Waals surface area contributed by atoms with Crippen molar-refractivity contribution in [3.05, 3.63) is 22.4 Å². The molecule has 1 aromatic heterocycles. The Morgan fingerprint density at radius 2 is 2.33 bits per heavy atom. The maximum absolute atomic E-state index is 5.84. The zero-order valence-electron chi connectivity index (χ0n) is 9.57. The second-order valence-electron chi connectivity index (χ2n) is 4.67. The molecular formula is C12H20N2S. The molecule has 2 nitrogen and oxygen atoms in total. The highest BCUT2D eigenvalue weighted by Gasteiger charge is 2.46. The minimum absolute atomic E-state index is 0.330. The molecule has 1 aliphatic carbocycles. The van der Waals surface area contributed by atoms with E-state index < -0.39 is 0 Å². The van der Waals surface area contributed by atoms with Gasteiger partial charge in [0.1, 0.15) is 0 Å². The molecule has 3 heteroatoms. The van der Waals surface area contributed by atoms with Gasteiger partial charge in [0, 0.05) is 23.0 Å². The second-order valence-corrected chi connectivity index (χ2v) is 5.70. The van der Waals surface area contributed by atoms with E-state index in [9.17, 15) is 0 Å². The van der Waals surface area contributed by atoms with E-state index in [1.807, 2.05) is 11.3 Å². The first kappa shape index (κ1) is 11.1. The summed E-state index contributed by atoms with van der Waals surface area (Å²) in [5.74, 6) is 0. The average Bonchev–Trinajstić information content (AvgIpc) is 2.89. The number of hydrogen-bond acceptors (Lipinski definition) is 3. The summed E-state index contributed by atoms with van der Waals surface area (Å²) >= 11 is 1.85. The standard InChI is InChI=1S/C12H20N2S/c1-10(8-11-4-3-7-15-11)14(2)12(9-13)5-6-12/h3-4,7,10H,5-6,8-9,13H2,1-2H3. The third-order valence-electron chi connectivity index (χ3n) is 3.69. The van der Waals surface area contributed by atoms with Crippen LogP contribution in [0.15, 0.2) is 17.5 Å². The molecule has 0 saturated heterocycles. The summed E-state index contributed by atoms with van der Waals surface area (Å²) in [7, 11) is 2.22. The van der Waals surface area contributed by atoms with Crippen LogP contribution in [0.25, 0.3) is 0 Å². The Balaban J connectivity index is 1.93. The summed E-state index contributed by atoms with van der Waals surface area (Å²) in [6, 6.07) is 4.94. The largest absolute Gasteiger partial charge is 0.329 e. The van der Waals surface area contributed by atoms with Gasteiger partial charge in [0.2, 0.25) is 0 Å². The molecule has 1 heterocycles. The number of rotatable bonds is 5. The van der Waals surface area contributed by atoms with Crippen molar-refractivity contribution in [2.45, 2.75) is 37.8 Å². The fourth-order valence-corrected chi connectivity index (χ4v) is 3.00. The number of nitrogens with two attached hydrogens (primary N) is 1. The molecule has 1 saturated carbocycles. The first-order valence-corrected chi connectivity index (χ1v) is 6.51. The molecule has 1 unspecified atom stereocenters. The highest BCUT2D eigenvalue weighted by Crippen LogP contribution is 2.41. The highest BCUT2D eigenvalue weighted by atomic mass is 32.1. The molecule has 15 heavy (non-hydrogen) atoms. The van der Waals surface area contributed by atoms with Crippen molar-refractivity contribution >= 4 is 11.3 Å². The zero-order valence-corrected chi connectivity index (χ0v) is 10.4. The predicted octanol–water partition coefficient (Wildman–Crippen LogP) is 2.10. The Hall–Kier alpha value is -0.380. The third kappa shape index (κ3) is 2.25.